The molecule has 0 aliphatic carbocycles. The monoisotopic (exact) mass is 178 g/mol. The summed E-state index contributed by atoms with van der Waals surface area (Å²) in [7, 11) is 0. The Morgan fingerprint density at radius 3 is 2.31 bits per heavy atom. The van der Waals surface area contributed by atoms with E-state index in [1.54, 1.807) is 19.9 Å². The predicted molar refractivity (Wildman–Crippen MR) is 47.3 cm³/mol. The first kappa shape index (κ1) is 11.1. The van der Waals surface area contributed by atoms with Crippen molar-refractivity contribution in [2.75, 3.05) is 0 Å². The average Bonchev–Trinajstić information content (AvgIpc) is 2.04. The van der Waals surface area contributed by atoms with Crippen molar-refractivity contribution in [3.8, 4) is 6.07 Å². The molecule has 13 heavy (non-hydrogen) atoms. The largest absolute Gasteiger partial charge is 0.288 e. The lowest BCUT2D eigenvalue weighted by atomic mass is 10.1. The molecule has 4 nitrogen and oxygen atoms in total. The summed E-state index contributed by atoms with van der Waals surface area (Å²) >= 11 is 0. The second-order valence-corrected chi connectivity index (χ2v) is 2.51. The van der Waals surface area contributed by atoms with E-state index in [0.29, 0.717) is 5.57 Å². The van der Waals surface area contributed by atoms with Gasteiger partial charge < -0.3 is 0 Å². The summed E-state index contributed by atoms with van der Waals surface area (Å²) in [5.74, 6) is -1.30. The fourth-order valence-electron chi connectivity index (χ4n) is 0.615. The van der Waals surface area contributed by atoms with Crippen LogP contribution in [-0.2, 0) is 9.59 Å². The first-order chi connectivity index (χ1) is 6.02. The molecule has 0 saturated heterocycles. The van der Waals surface area contributed by atoms with Crippen LogP contribution < -0.4 is 5.32 Å². The highest BCUT2D eigenvalue weighted by atomic mass is 16.2. The minimum Gasteiger partial charge on any atom is -0.288 e. The maximum absolute atomic E-state index is 11.1. The van der Waals surface area contributed by atoms with E-state index >= 15 is 0 Å². The second-order valence-electron chi connectivity index (χ2n) is 2.51. The van der Waals surface area contributed by atoms with Crippen LogP contribution in [-0.4, -0.2) is 11.8 Å². The number of rotatable bonds is 2. The summed E-state index contributed by atoms with van der Waals surface area (Å²) in [6, 6.07) is 1.71. The second kappa shape index (κ2) is 4.88. The number of hydrogen-bond donors (Lipinski definition) is 1. The number of allylic oxidation sites excluding steroid dienone is 1. The van der Waals surface area contributed by atoms with Crippen LogP contribution in [0.15, 0.2) is 23.8 Å². The Bertz CT molecular complexity index is 317. The van der Waals surface area contributed by atoms with Gasteiger partial charge in [0.2, 0.25) is 5.91 Å². The lowest BCUT2D eigenvalue weighted by Crippen LogP contribution is -2.30. The van der Waals surface area contributed by atoms with E-state index in [4.69, 9.17) is 5.26 Å². The van der Waals surface area contributed by atoms with Gasteiger partial charge >= 0.3 is 0 Å². The standard InChI is InChI=1S/C9H10N2O2/c1-4-8(12)11-9(13)7(5-10)6(2)3/h4H,1H2,2-3H3,(H,11,12,13). The van der Waals surface area contributed by atoms with Gasteiger partial charge in [-0.2, -0.15) is 5.26 Å². The van der Waals surface area contributed by atoms with Crippen molar-refractivity contribution in [2.24, 2.45) is 0 Å². The van der Waals surface area contributed by atoms with Crippen LogP contribution in [0.3, 0.4) is 0 Å². The molecule has 0 rings (SSSR count). The van der Waals surface area contributed by atoms with Crippen molar-refractivity contribution in [3.63, 3.8) is 0 Å². The number of carbonyl (C=O) groups is 2. The zero-order valence-corrected chi connectivity index (χ0v) is 7.55. The third kappa shape index (κ3) is 3.34. The Balaban J connectivity index is 4.63. The molecule has 0 radical (unpaired) electrons. The van der Waals surface area contributed by atoms with Gasteiger partial charge in [0.15, 0.2) is 0 Å². The number of nitrogens with zero attached hydrogens (tertiary/aromatic N) is 1. The highest BCUT2D eigenvalue weighted by molar-refractivity contribution is 6.09. The molecule has 0 heterocycles. The minimum absolute atomic E-state index is 0.0461. The molecule has 1 N–H and O–H groups in total. The third-order valence-corrected chi connectivity index (χ3v) is 1.26. The highest BCUT2D eigenvalue weighted by Gasteiger charge is 2.11. The number of hydrogen-bond acceptors (Lipinski definition) is 3. The van der Waals surface area contributed by atoms with Crippen LogP contribution in [0.5, 0.6) is 0 Å². The summed E-state index contributed by atoms with van der Waals surface area (Å²) in [4.78, 5) is 21.8. The van der Waals surface area contributed by atoms with Gasteiger partial charge in [0, 0.05) is 0 Å². The van der Waals surface area contributed by atoms with Crippen LogP contribution in [0, 0.1) is 11.3 Å². The fraction of sp³-hybridized carbons (Fsp3) is 0.222. The summed E-state index contributed by atoms with van der Waals surface area (Å²) < 4.78 is 0. The number of nitriles is 1. The quantitative estimate of drug-likeness (QED) is 0.499. The summed E-state index contributed by atoms with van der Waals surface area (Å²) in [5, 5.41) is 10.5. The van der Waals surface area contributed by atoms with Gasteiger partial charge in [-0.3, -0.25) is 14.9 Å². The summed E-state index contributed by atoms with van der Waals surface area (Å²) in [5.41, 5.74) is 0.520. The lowest BCUT2D eigenvalue weighted by Gasteiger charge is -1.99. The van der Waals surface area contributed by atoms with Gasteiger partial charge in [0.25, 0.3) is 5.91 Å². The topological polar surface area (TPSA) is 70.0 Å². The number of imide groups is 1. The van der Waals surface area contributed by atoms with Crippen molar-refractivity contribution < 1.29 is 9.59 Å². The van der Waals surface area contributed by atoms with Gasteiger partial charge in [-0.25, -0.2) is 0 Å². The predicted octanol–water partition coefficient (Wildman–Crippen LogP) is 0.675. The van der Waals surface area contributed by atoms with Crippen LogP contribution >= 0.6 is 0 Å². The van der Waals surface area contributed by atoms with E-state index < -0.39 is 11.8 Å². The van der Waals surface area contributed by atoms with Gasteiger partial charge in [-0.05, 0) is 19.9 Å². The Kier molecular flexibility index (Phi) is 4.17. The maximum atomic E-state index is 11.1. The van der Waals surface area contributed by atoms with Crippen molar-refractivity contribution in [2.45, 2.75) is 13.8 Å². The zero-order valence-electron chi connectivity index (χ0n) is 7.55. The first-order valence-electron chi connectivity index (χ1n) is 3.58. The number of amides is 2. The molecule has 0 aliphatic rings. The van der Waals surface area contributed by atoms with E-state index in [9.17, 15) is 9.59 Å². The molecule has 0 spiro atoms. The normalized spacial score (nSPS) is 8.08. The number of nitrogens with one attached hydrogen (secondary N) is 1. The molecule has 0 aliphatic heterocycles. The van der Waals surface area contributed by atoms with Crippen molar-refractivity contribution in [1.29, 1.82) is 5.26 Å². The Hall–Kier alpha value is -1.89. The summed E-state index contributed by atoms with van der Waals surface area (Å²) in [6.45, 7) is 6.42. The average molecular weight is 178 g/mol. The molecular formula is C9H10N2O2. The molecule has 0 unspecified atom stereocenters. The summed E-state index contributed by atoms with van der Waals surface area (Å²) in [6.07, 6.45) is 0.970. The van der Waals surface area contributed by atoms with E-state index in [2.05, 4.69) is 6.58 Å². The highest BCUT2D eigenvalue weighted by Crippen LogP contribution is 2.01. The molecule has 0 aromatic rings. The van der Waals surface area contributed by atoms with Crippen LogP contribution in [0.25, 0.3) is 0 Å². The molecule has 0 bridgehead atoms. The Morgan fingerprint density at radius 2 is 2.00 bits per heavy atom. The van der Waals surface area contributed by atoms with E-state index in [1.807, 2.05) is 5.32 Å². The number of carbonyl (C=O) groups excluding carboxylic acids is 2. The van der Waals surface area contributed by atoms with Gasteiger partial charge in [0.1, 0.15) is 11.6 Å². The molecule has 0 fully saturated rings. The molecule has 68 valence electrons. The zero-order chi connectivity index (χ0) is 10.4. The molecule has 0 aromatic heterocycles. The first-order valence-corrected chi connectivity index (χ1v) is 3.58. The van der Waals surface area contributed by atoms with Crippen LogP contribution in [0.2, 0.25) is 0 Å². The van der Waals surface area contributed by atoms with E-state index in [-0.39, 0.29) is 5.57 Å². The van der Waals surface area contributed by atoms with Crippen molar-refractivity contribution in [1.82, 2.24) is 5.32 Å². The Morgan fingerprint density at radius 1 is 1.46 bits per heavy atom. The van der Waals surface area contributed by atoms with Crippen molar-refractivity contribution >= 4 is 11.8 Å². The third-order valence-electron chi connectivity index (χ3n) is 1.26. The molecule has 0 atom stereocenters. The van der Waals surface area contributed by atoms with Gasteiger partial charge in [-0.15, -0.1) is 0 Å². The van der Waals surface area contributed by atoms with Crippen molar-refractivity contribution in [3.05, 3.63) is 23.8 Å². The maximum Gasteiger partial charge on any atom is 0.268 e. The van der Waals surface area contributed by atoms with Crippen LogP contribution in [0.1, 0.15) is 13.8 Å². The van der Waals surface area contributed by atoms with Crippen LogP contribution in [0.4, 0.5) is 0 Å². The molecular weight excluding hydrogens is 168 g/mol. The fourth-order valence-corrected chi connectivity index (χ4v) is 0.615. The Labute approximate surface area is 76.5 Å². The van der Waals surface area contributed by atoms with E-state index in [0.717, 1.165) is 6.08 Å². The van der Waals surface area contributed by atoms with Gasteiger partial charge in [0.05, 0.1) is 0 Å². The molecule has 4 heteroatoms. The molecule has 0 aromatic carbocycles. The SMILES string of the molecule is C=CC(=O)NC(=O)C(C#N)=C(C)C. The lowest BCUT2D eigenvalue weighted by molar-refractivity contribution is -0.125. The molecule has 0 saturated carbocycles. The smallest absolute Gasteiger partial charge is 0.268 e. The molecule has 2 amide bonds. The van der Waals surface area contributed by atoms with E-state index in [1.165, 1.54) is 0 Å². The van der Waals surface area contributed by atoms with Gasteiger partial charge in [-0.1, -0.05) is 12.2 Å². The minimum atomic E-state index is -0.688.